The van der Waals surface area contributed by atoms with Crippen molar-refractivity contribution < 1.29 is 14.3 Å². The van der Waals surface area contributed by atoms with Gasteiger partial charge < -0.3 is 14.8 Å². The van der Waals surface area contributed by atoms with Gasteiger partial charge in [0.1, 0.15) is 18.2 Å². The molecule has 0 saturated heterocycles. The highest BCUT2D eigenvalue weighted by Gasteiger charge is 2.14. The molecule has 0 atom stereocenters. The fourth-order valence-corrected chi connectivity index (χ4v) is 3.56. The highest BCUT2D eigenvalue weighted by molar-refractivity contribution is 9.10. The molecule has 3 aromatic rings. The molecule has 5 nitrogen and oxygen atoms in total. The SMILES string of the molecule is COc1cc(C=C(C#N)C(=O)Nc2cccc(C)c2)c(Br)cc1OCc1ccccc1Cl. The Morgan fingerprint density at radius 3 is 2.62 bits per heavy atom. The molecular weight excluding hydrogens is 492 g/mol. The summed E-state index contributed by atoms with van der Waals surface area (Å²) in [6.45, 7) is 2.19. The fourth-order valence-electron chi connectivity index (χ4n) is 2.93. The number of nitriles is 1. The molecule has 0 aliphatic carbocycles. The lowest BCUT2D eigenvalue weighted by molar-refractivity contribution is -0.112. The number of nitrogens with one attached hydrogen (secondary N) is 1. The summed E-state index contributed by atoms with van der Waals surface area (Å²) in [6, 6.07) is 20.2. The van der Waals surface area contributed by atoms with Crippen LogP contribution in [0.2, 0.25) is 5.02 Å². The van der Waals surface area contributed by atoms with Crippen molar-refractivity contribution in [2.24, 2.45) is 0 Å². The summed E-state index contributed by atoms with van der Waals surface area (Å²) in [6.07, 6.45) is 1.50. The van der Waals surface area contributed by atoms with E-state index in [0.29, 0.717) is 32.2 Å². The minimum atomic E-state index is -0.497. The second-order valence-corrected chi connectivity index (χ2v) is 8.16. The first kappa shape index (κ1) is 23.4. The van der Waals surface area contributed by atoms with E-state index in [1.54, 1.807) is 24.3 Å². The molecule has 0 heterocycles. The van der Waals surface area contributed by atoms with Crippen LogP contribution in [0.4, 0.5) is 5.69 Å². The van der Waals surface area contributed by atoms with Crippen LogP contribution in [0.15, 0.2) is 70.7 Å². The van der Waals surface area contributed by atoms with Crippen molar-refractivity contribution >= 4 is 45.2 Å². The maximum atomic E-state index is 12.6. The van der Waals surface area contributed by atoms with Crippen LogP contribution in [0, 0.1) is 18.3 Å². The first-order valence-corrected chi connectivity index (χ1v) is 10.8. The van der Waals surface area contributed by atoms with E-state index in [-0.39, 0.29) is 12.2 Å². The summed E-state index contributed by atoms with van der Waals surface area (Å²) in [5.41, 5.74) is 3.03. The van der Waals surface area contributed by atoms with Crippen LogP contribution in [0.25, 0.3) is 6.08 Å². The third-order valence-corrected chi connectivity index (χ3v) is 5.62. The molecule has 1 amide bonds. The molecule has 0 aliphatic heterocycles. The Hall–Kier alpha value is -3.27. The highest BCUT2D eigenvalue weighted by Crippen LogP contribution is 2.35. The molecular formula is C25H20BrClN2O3. The van der Waals surface area contributed by atoms with Crippen LogP contribution in [-0.2, 0) is 11.4 Å². The predicted molar refractivity (Wildman–Crippen MR) is 130 cm³/mol. The largest absolute Gasteiger partial charge is 0.493 e. The third-order valence-electron chi connectivity index (χ3n) is 4.56. The number of halogens is 2. The van der Waals surface area contributed by atoms with E-state index < -0.39 is 5.91 Å². The lowest BCUT2D eigenvalue weighted by Crippen LogP contribution is -2.13. The molecule has 7 heteroatoms. The molecule has 0 bridgehead atoms. The number of carbonyl (C=O) groups excluding carboxylic acids is 1. The van der Waals surface area contributed by atoms with Gasteiger partial charge in [-0.1, -0.05) is 57.9 Å². The van der Waals surface area contributed by atoms with Crippen molar-refractivity contribution in [3.05, 3.63) is 92.4 Å². The van der Waals surface area contributed by atoms with Gasteiger partial charge in [-0.05, 0) is 54.5 Å². The second-order valence-electron chi connectivity index (χ2n) is 6.90. The van der Waals surface area contributed by atoms with Crippen molar-refractivity contribution in [3.63, 3.8) is 0 Å². The molecule has 1 N–H and O–H groups in total. The van der Waals surface area contributed by atoms with Crippen molar-refractivity contribution in [2.75, 3.05) is 12.4 Å². The van der Waals surface area contributed by atoms with Crippen molar-refractivity contribution in [2.45, 2.75) is 13.5 Å². The monoisotopic (exact) mass is 510 g/mol. The molecule has 0 saturated carbocycles. The van der Waals surface area contributed by atoms with Gasteiger partial charge in [0.05, 0.1) is 7.11 Å². The van der Waals surface area contributed by atoms with E-state index in [2.05, 4.69) is 21.2 Å². The summed E-state index contributed by atoms with van der Waals surface area (Å²) >= 11 is 9.68. The summed E-state index contributed by atoms with van der Waals surface area (Å²) in [4.78, 5) is 12.6. The number of hydrogen-bond acceptors (Lipinski definition) is 4. The number of carbonyl (C=O) groups is 1. The quantitative estimate of drug-likeness (QED) is 0.289. The van der Waals surface area contributed by atoms with Crippen LogP contribution >= 0.6 is 27.5 Å². The van der Waals surface area contributed by atoms with Crippen LogP contribution < -0.4 is 14.8 Å². The molecule has 0 radical (unpaired) electrons. The van der Waals surface area contributed by atoms with Gasteiger partial charge in [-0.15, -0.1) is 0 Å². The summed E-state index contributed by atoms with van der Waals surface area (Å²) in [7, 11) is 1.52. The second kappa shape index (κ2) is 10.9. The van der Waals surface area contributed by atoms with Gasteiger partial charge in [-0.2, -0.15) is 5.26 Å². The molecule has 3 aromatic carbocycles. The first-order valence-electron chi connectivity index (χ1n) is 9.65. The van der Waals surface area contributed by atoms with Crippen molar-refractivity contribution in [1.29, 1.82) is 5.26 Å². The van der Waals surface area contributed by atoms with Gasteiger partial charge in [0.15, 0.2) is 11.5 Å². The Kier molecular flexibility index (Phi) is 7.93. The number of amides is 1. The Bertz CT molecular complexity index is 1220. The van der Waals surface area contributed by atoms with Gasteiger partial charge in [0, 0.05) is 20.7 Å². The van der Waals surface area contributed by atoms with Crippen LogP contribution in [-0.4, -0.2) is 13.0 Å². The number of anilines is 1. The molecule has 3 rings (SSSR count). The average molecular weight is 512 g/mol. The van der Waals surface area contributed by atoms with Crippen molar-refractivity contribution in [1.82, 2.24) is 0 Å². The van der Waals surface area contributed by atoms with E-state index in [1.807, 2.05) is 49.4 Å². The number of hydrogen-bond donors (Lipinski definition) is 1. The molecule has 0 unspecified atom stereocenters. The molecule has 162 valence electrons. The van der Waals surface area contributed by atoms with E-state index in [4.69, 9.17) is 21.1 Å². The Morgan fingerprint density at radius 2 is 1.94 bits per heavy atom. The lowest BCUT2D eigenvalue weighted by Gasteiger charge is -2.14. The predicted octanol–water partition coefficient (Wildman–Crippen LogP) is 6.54. The smallest absolute Gasteiger partial charge is 0.266 e. The zero-order valence-electron chi connectivity index (χ0n) is 17.5. The number of ether oxygens (including phenoxy) is 2. The van der Waals surface area contributed by atoms with Gasteiger partial charge >= 0.3 is 0 Å². The fraction of sp³-hybridized carbons (Fsp3) is 0.120. The van der Waals surface area contributed by atoms with Crippen molar-refractivity contribution in [3.8, 4) is 17.6 Å². The molecule has 0 spiro atoms. The van der Waals surface area contributed by atoms with E-state index in [9.17, 15) is 10.1 Å². The zero-order chi connectivity index (χ0) is 23.1. The summed E-state index contributed by atoms with van der Waals surface area (Å²) in [5.74, 6) is 0.463. The zero-order valence-corrected chi connectivity index (χ0v) is 19.8. The van der Waals surface area contributed by atoms with Gasteiger partial charge in [-0.25, -0.2) is 0 Å². The standard InChI is InChI=1S/C25H20BrClN2O3/c1-16-6-5-8-20(10-16)29-25(30)19(14-28)11-18-12-23(31-2)24(13-21(18)26)32-15-17-7-3-4-9-22(17)27/h3-13H,15H2,1-2H3,(H,29,30). The molecule has 0 aliphatic rings. The number of nitrogens with zero attached hydrogens (tertiary/aromatic N) is 1. The summed E-state index contributed by atoms with van der Waals surface area (Å²) in [5, 5.41) is 12.9. The number of rotatable bonds is 7. The molecule has 32 heavy (non-hydrogen) atoms. The first-order chi connectivity index (χ1) is 15.4. The third kappa shape index (κ3) is 5.91. The van der Waals surface area contributed by atoms with E-state index >= 15 is 0 Å². The lowest BCUT2D eigenvalue weighted by atomic mass is 10.1. The van der Waals surface area contributed by atoms with E-state index in [1.165, 1.54) is 13.2 Å². The van der Waals surface area contributed by atoms with Gasteiger partial charge in [0.2, 0.25) is 0 Å². The minimum Gasteiger partial charge on any atom is -0.493 e. The van der Waals surface area contributed by atoms with E-state index in [0.717, 1.165) is 11.1 Å². The van der Waals surface area contributed by atoms with Gasteiger partial charge in [-0.3, -0.25) is 4.79 Å². The van der Waals surface area contributed by atoms with Crippen LogP contribution in [0.3, 0.4) is 0 Å². The maximum Gasteiger partial charge on any atom is 0.266 e. The maximum absolute atomic E-state index is 12.6. The minimum absolute atomic E-state index is 0.0426. The number of aryl methyl sites for hydroxylation is 1. The molecule has 0 aromatic heterocycles. The Labute approximate surface area is 200 Å². The Morgan fingerprint density at radius 1 is 1.16 bits per heavy atom. The molecule has 0 fully saturated rings. The summed E-state index contributed by atoms with van der Waals surface area (Å²) < 4.78 is 12.0. The van der Waals surface area contributed by atoms with Gasteiger partial charge in [0.25, 0.3) is 5.91 Å². The van der Waals surface area contributed by atoms with Crippen LogP contribution in [0.5, 0.6) is 11.5 Å². The topological polar surface area (TPSA) is 71.3 Å². The normalized spacial score (nSPS) is 10.9. The highest BCUT2D eigenvalue weighted by atomic mass is 79.9. The van der Waals surface area contributed by atoms with Crippen LogP contribution in [0.1, 0.15) is 16.7 Å². The average Bonchev–Trinajstić information content (AvgIpc) is 2.77. The number of benzene rings is 3. The number of methoxy groups -OCH3 is 1. The Balaban J connectivity index is 1.83.